The van der Waals surface area contributed by atoms with Gasteiger partial charge >= 0.3 is 0 Å². The minimum atomic E-state index is 0.289. The van der Waals surface area contributed by atoms with E-state index in [0.717, 1.165) is 13.0 Å². The lowest BCUT2D eigenvalue weighted by atomic mass is 9.89. The number of benzene rings is 2. The Morgan fingerprint density at radius 3 is 2.05 bits per heavy atom. The van der Waals surface area contributed by atoms with Crippen LogP contribution in [0.15, 0.2) is 42.5 Å². The number of hydrogen-bond donors (Lipinski definition) is 1. The van der Waals surface area contributed by atoms with Gasteiger partial charge in [-0.05, 0) is 61.6 Å². The summed E-state index contributed by atoms with van der Waals surface area (Å²) in [4.78, 5) is 0. The molecule has 0 heterocycles. The second kappa shape index (κ2) is 6.71. The normalized spacial score (nSPS) is 12.4. The maximum atomic E-state index is 3.72. The minimum Gasteiger partial charge on any atom is -0.306 e. The van der Waals surface area contributed by atoms with Crippen LogP contribution in [0.3, 0.4) is 0 Å². The van der Waals surface area contributed by atoms with E-state index in [-0.39, 0.29) is 6.04 Å². The lowest BCUT2D eigenvalue weighted by molar-refractivity contribution is 0.591. The fourth-order valence-corrected chi connectivity index (χ4v) is 2.85. The molecule has 1 nitrogen and oxygen atoms in total. The Morgan fingerprint density at radius 1 is 0.850 bits per heavy atom. The minimum absolute atomic E-state index is 0.289. The summed E-state index contributed by atoms with van der Waals surface area (Å²) in [6.07, 6.45) is 1.15. The van der Waals surface area contributed by atoms with Crippen LogP contribution in [-0.2, 0) is 0 Å². The molecule has 1 atom stereocenters. The molecule has 0 aliphatic heterocycles. The van der Waals surface area contributed by atoms with Gasteiger partial charge in [-0.15, -0.1) is 0 Å². The van der Waals surface area contributed by atoms with Gasteiger partial charge in [0.1, 0.15) is 0 Å². The van der Waals surface area contributed by atoms with Crippen molar-refractivity contribution >= 4 is 0 Å². The van der Waals surface area contributed by atoms with Crippen LogP contribution in [0.25, 0.3) is 0 Å². The Hall–Kier alpha value is -1.60. The van der Waals surface area contributed by atoms with E-state index in [2.05, 4.69) is 75.5 Å². The van der Waals surface area contributed by atoms with E-state index in [1.807, 2.05) is 0 Å². The van der Waals surface area contributed by atoms with Crippen LogP contribution < -0.4 is 5.32 Å². The maximum absolute atomic E-state index is 3.72. The molecule has 0 bridgehead atoms. The van der Waals surface area contributed by atoms with Crippen molar-refractivity contribution in [1.29, 1.82) is 0 Å². The Kier molecular flexibility index (Phi) is 4.97. The van der Waals surface area contributed by atoms with E-state index < -0.39 is 0 Å². The molecule has 1 N–H and O–H groups in total. The Morgan fingerprint density at radius 2 is 1.45 bits per heavy atom. The van der Waals surface area contributed by atoms with Gasteiger partial charge in [0.05, 0.1) is 6.04 Å². The monoisotopic (exact) mass is 267 g/mol. The van der Waals surface area contributed by atoms with Crippen LogP contribution in [0, 0.1) is 20.8 Å². The van der Waals surface area contributed by atoms with Gasteiger partial charge in [0.2, 0.25) is 0 Å². The van der Waals surface area contributed by atoms with Crippen molar-refractivity contribution < 1.29 is 0 Å². The highest BCUT2D eigenvalue weighted by Gasteiger charge is 2.18. The first-order chi connectivity index (χ1) is 9.65. The van der Waals surface area contributed by atoms with Crippen molar-refractivity contribution in [2.45, 2.75) is 40.2 Å². The van der Waals surface area contributed by atoms with Crippen molar-refractivity contribution in [3.05, 3.63) is 70.3 Å². The summed E-state index contributed by atoms with van der Waals surface area (Å²) >= 11 is 0. The quantitative estimate of drug-likeness (QED) is 0.828. The fourth-order valence-electron chi connectivity index (χ4n) is 2.85. The molecule has 0 aliphatic carbocycles. The first-order valence-corrected chi connectivity index (χ1v) is 7.50. The standard InChI is InChI=1S/C19H25N/c1-5-13-20-19(17-12-7-6-9-14(17)2)18-15(3)10-8-11-16(18)4/h6-12,19-20H,5,13H2,1-4H3. The third-order valence-electron chi connectivity index (χ3n) is 3.93. The van der Waals surface area contributed by atoms with Gasteiger partial charge in [-0.3, -0.25) is 0 Å². The summed E-state index contributed by atoms with van der Waals surface area (Å²) in [5.41, 5.74) is 6.89. The van der Waals surface area contributed by atoms with Crippen LogP contribution in [-0.4, -0.2) is 6.54 Å². The number of hydrogen-bond acceptors (Lipinski definition) is 1. The molecule has 0 saturated heterocycles. The summed E-state index contributed by atoms with van der Waals surface area (Å²) in [5.74, 6) is 0. The van der Waals surface area contributed by atoms with Crippen LogP contribution in [0.2, 0.25) is 0 Å². The zero-order chi connectivity index (χ0) is 14.5. The summed E-state index contributed by atoms with van der Waals surface area (Å²) in [5, 5.41) is 3.72. The van der Waals surface area contributed by atoms with Crippen molar-refractivity contribution in [3.8, 4) is 0 Å². The smallest absolute Gasteiger partial charge is 0.0584 e. The van der Waals surface area contributed by atoms with Gasteiger partial charge in [-0.25, -0.2) is 0 Å². The predicted octanol–water partition coefficient (Wildman–Crippen LogP) is 4.70. The molecule has 0 radical (unpaired) electrons. The Bertz CT molecular complexity index is 551. The average Bonchev–Trinajstić information content (AvgIpc) is 2.43. The predicted molar refractivity (Wildman–Crippen MR) is 87.2 cm³/mol. The molecule has 1 heteroatoms. The van der Waals surface area contributed by atoms with Crippen LogP contribution in [0.1, 0.15) is 47.2 Å². The molecule has 0 aromatic heterocycles. The van der Waals surface area contributed by atoms with Gasteiger partial charge in [0.15, 0.2) is 0 Å². The van der Waals surface area contributed by atoms with E-state index in [0.29, 0.717) is 0 Å². The van der Waals surface area contributed by atoms with E-state index in [4.69, 9.17) is 0 Å². The molecular formula is C19H25N. The van der Waals surface area contributed by atoms with E-state index in [1.54, 1.807) is 0 Å². The lowest BCUT2D eigenvalue weighted by Crippen LogP contribution is -2.25. The molecule has 106 valence electrons. The molecule has 0 saturated carbocycles. The second-order valence-electron chi connectivity index (χ2n) is 5.55. The Labute approximate surface area is 123 Å². The largest absolute Gasteiger partial charge is 0.306 e. The van der Waals surface area contributed by atoms with Crippen molar-refractivity contribution in [2.24, 2.45) is 0 Å². The van der Waals surface area contributed by atoms with Gasteiger partial charge < -0.3 is 5.32 Å². The molecular weight excluding hydrogens is 242 g/mol. The lowest BCUT2D eigenvalue weighted by Gasteiger charge is -2.25. The highest BCUT2D eigenvalue weighted by molar-refractivity contribution is 5.44. The molecule has 2 aromatic carbocycles. The van der Waals surface area contributed by atoms with Gasteiger partial charge in [-0.1, -0.05) is 49.4 Å². The van der Waals surface area contributed by atoms with Crippen LogP contribution in [0.4, 0.5) is 0 Å². The molecule has 2 rings (SSSR count). The topological polar surface area (TPSA) is 12.0 Å². The van der Waals surface area contributed by atoms with E-state index >= 15 is 0 Å². The fraction of sp³-hybridized carbons (Fsp3) is 0.368. The first-order valence-electron chi connectivity index (χ1n) is 7.50. The number of rotatable bonds is 5. The molecule has 0 fully saturated rings. The van der Waals surface area contributed by atoms with Crippen molar-refractivity contribution in [1.82, 2.24) is 5.32 Å². The third-order valence-corrected chi connectivity index (χ3v) is 3.93. The molecule has 0 amide bonds. The highest BCUT2D eigenvalue weighted by Crippen LogP contribution is 2.29. The van der Waals surface area contributed by atoms with E-state index in [1.165, 1.54) is 27.8 Å². The molecule has 0 aliphatic rings. The van der Waals surface area contributed by atoms with Crippen LogP contribution >= 0.6 is 0 Å². The summed E-state index contributed by atoms with van der Waals surface area (Å²) in [6, 6.07) is 15.5. The van der Waals surface area contributed by atoms with E-state index in [9.17, 15) is 0 Å². The molecule has 1 unspecified atom stereocenters. The first kappa shape index (κ1) is 14.8. The maximum Gasteiger partial charge on any atom is 0.0584 e. The molecule has 20 heavy (non-hydrogen) atoms. The highest BCUT2D eigenvalue weighted by atomic mass is 14.9. The van der Waals surface area contributed by atoms with Crippen LogP contribution in [0.5, 0.6) is 0 Å². The zero-order valence-corrected chi connectivity index (χ0v) is 13.0. The van der Waals surface area contributed by atoms with Crippen molar-refractivity contribution in [3.63, 3.8) is 0 Å². The summed E-state index contributed by atoms with van der Waals surface area (Å²) in [6.45, 7) is 9.87. The van der Waals surface area contributed by atoms with Gasteiger partial charge in [0.25, 0.3) is 0 Å². The SMILES string of the molecule is CCCNC(c1ccccc1C)c1c(C)cccc1C. The summed E-state index contributed by atoms with van der Waals surface area (Å²) in [7, 11) is 0. The Balaban J connectivity index is 2.50. The number of aryl methyl sites for hydroxylation is 3. The summed E-state index contributed by atoms with van der Waals surface area (Å²) < 4.78 is 0. The van der Waals surface area contributed by atoms with Gasteiger partial charge in [-0.2, -0.15) is 0 Å². The van der Waals surface area contributed by atoms with Gasteiger partial charge in [0, 0.05) is 0 Å². The second-order valence-corrected chi connectivity index (χ2v) is 5.55. The molecule has 2 aromatic rings. The van der Waals surface area contributed by atoms with Crippen molar-refractivity contribution in [2.75, 3.05) is 6.54 Å². The number of nitrogens with one attached hydrogen (secondary N) is 1. The third kappa shape index (κ3) is 3.10. The zero-order valence-electron chi connectivity index (χ0n) is 13.0. The molecule has 0 spiro atoms. The average molecular weight is 267 g/mol.